The molecule has 0 heterocycles. The van der Waals surface area contributed by atoms with Crippen LogP contribution in [0.4, 0.5) is 5.69 Å². The van der Waals surface area contributed by atoms with Crippen molar-refractivity contribution in [3.05, 3.63) is 61.2 Å². The number of hydrogen-bond donors (Lipinski definition) is 1. The van der Waals surface area contributed by atoms with Crippen molar-refractivity contribution in [2.24, 2.45) is 22.4 Å². The van der Waals surface area contributed by atoms with E-state index in [2.05, 4.69) is 40.0 Å². The number of carbonyl (C=O) groups is 1. The van der Waals surface area contributed by atoms with Crippen LogP contribution in [-0.2, 0) is 11.4 Å². The summed E-state index contributed by atoms with van der Waals surface area (Å²) in [5, 5.41) is 15.0. The van der Waals surface area contributed by atoms with Gasteiger partial charge in [0, 0.05) is 18.1 Å². The van der Waals surface area contributed by atoms with Crippen LogP contribution < -0.4 is 14.9 Å². The van der Waals surface area contributed by atoms with E-state index in [0.717, 1.165) is 27.5 Å². The minimum Gasteiger partial charge on any atom is -0.490 e. The maximum Gasteiger partial charge on any atom is 0.269 e. The topological polar surface area (TPSA) is 103 Å². The summed E-state index contributed by atoms with van der Waals surface area (Å²) in [6.45, 7) is 4.82. The van der Waals surface area contributed by atoms with Crippen molar-refractivity contribution < 1.29 is 19.2 Å². The molecule has 0 bridgehead atoms. The zero-order valence-electron chi connectivity index (χ0n) is 19.3. The Morgan fingerprint density at radius 1 is 1.29 bits per heavy atom. The van der Waals surface area contributed by atoms with Gasteiger partial charge in [-0.3, -0.25) is 14.9 Å². The Kier molecular flexibility index (Phi) is 7.39. The average molecular weight is 577 g/mol. The minimum absolute atomic E-state index is 0.00781. The molecule has 1 N–H and O–H groups in total. The number of non-ortho nitro benzene ring substituents is 1. The predicted molar refractivity (Wildman–Crippen MR) is 137 cm³/mol. The van der Waals surface area contributed by atoms with Gasteiger partial charge in [-0.1, -0.05) is 19.8 Å². The van der Waals surface area contributed by atoms with Gasteiger partial charge >= 0.3 is 0 Å². The summed E-state index contributed by atoms with van der Waals surface area (Å²) in [6.07, 6.45) is 6.30. The van der Waals surface area contributed by atoms with Crippen molar-refractivity contribution in [2.75, 3.05) is 6.61 Å². The lowest BCUT2D eigenvalue weighted by atomic mass is 9.90. The largest absolute Gasteiger partial charge is 0.490 e. The Labute approximate surface area is 212 Å². The van der Waals surface area contributed by atoms with E-state index in [1.54, 1.807) is 18.3 Å². The van der Waals surface area contributed by atoms with Crippen LogP contribution in [-0.4, -0.2) is 23.7 Å². The second kappa shape index (κ2) is 10.3. The first-order valence-electron chi connectivity index (χ1n) is 11.5. The van der Waals surface area contributed by atoms with Gasteiger partial charge in [0.1, 0.15) is 6.61 Å². The lowest BCUT2D eigenvalue weighted by Crippen LogP contribution is -2.22. The molecule has 0 unspecified atom stereocenters. The standard InChI is InChI=1S/C25H28IN3O5/c1-3-33-21-13-17(14-27-28-24(30)22-19-6-4-5-11-25(19,22)2)12-20(26)23(21)34-15-16-7-9-18(10-8-16)29(31)32/h7-10,12-14,19,22H,3-6,11,15H2,1-2H3,(H,28,30)/b27-14-/t19-,22+,25-/m1/s1. The Hall–Kier alpha value is -2.69. The molecule has 2 aromatic rings. The summed E-state index contributed by atoms with van der Waals surface area (Å²) in [5.41, 5.74) is 4.52. The molecule has 9 heteroatoms. The smallest absolute Gasteiger partial charge is 0.269 e. The molecule has 3 atom stereocenters. The molecule has 2 aliphatic carbocycles. The van der Waals surface area contributed by atoms with Gasteiger partial charge in [0.25, 0.3) is 5.69 Å². The molecule has 0 radical (unpaired) electrons. The molecule has 0 aromatic heterocycles. The van der Waals surface area contributed by atoms with Crippen LogP contribution >= 0.6 is 22.6 Å². The van der Waals surface area contributed by atoms with E-state index in [4.69, 9.17) is 9.47 Å². The summed E-state index contributed by atoms with van der Waals surface area (Å²) in [5.74, 6) is 1.74. The van der Waals surface area contributed by atoms with Crippen molar-refractivity contribution in [3.8, 4) is 11.5 Å². The second-order valence-corrected chi connectivity index (χ2v) is 10.2. The van der Waals surface area contributed by atoms with Crippen molar-refractivity contribution in [1.82, 2.24) is 5.43 Å². The molecule has 0 spiro atoms. The van der Waals surface area contributed by atoms with E-state index < -0.39 is 4.92 Å². The fourth-order valence-corrected chi connectivity index (χ4v) is 5.81. The molecule has 4 rings (SSSR count). The van der Waals surface area contributed by atoms with Gasteiger partial charge in [-0.05, 0) is 89.1 Å². The molecule has 2 aromatic carbocycles. The fraction of sp³-hybridized carbons (Fsp3) is 0.440. The highest BCUT2D eigenvalue weighted by Crippen LogP contribution is 2.66. The van der Waals surface area contributed by atoms with Crippen molar-refractivity contribution in [2.45, 2.75) is 46.1 Å². The summed E-state index contributed by atoms with van der Waals surface area (Å²) in [7, 11) is 0. The molecule has 180 valence electrons. The molecule has 1 amide bonds. The third-order valence-corrected chi connectivity index (χ3v) is 7.67. The van der Waals surface area contributed by atoms with Crippen LogP contribution in [0.25, 0.3) is 0 Å². The van der Waals surface area contributed by atoms with E-state index >= 15 is 0 Å². The third kappa shape index (κ3) is 5.18. The number of benzene rings is 2. The summed E-state index contributed by atoms with van der Waals surface area (Å²) < 4.78 is 12.6. The number of ether oxygens (including phenoxy) is 2. The van der Waals surface area contributed by atoms with Crippen LogP contribution in [0.3, 0.4) is 0 Å². The molecule has 0 saturated heterocycles. The van der Waals surface area contributed by atoms with Gasteiger partial charge in [0.15, 0.2) is 11.5 Å². The number of rotatable bonds is 9. The molecule has 2 fully saturated rings. The Bertz CT molecular complexity index is 1100. The lowest BCUT2D eigenvalue weighted by Gasteiger charge is -2.15. The van der Waals surface area contributed by atoms with E-state index in [1.165, 1.54) is 25.0 Å². The highest BCUT2D eigenvalue weighted by Gasteiger charge is 2.64. The second-order valence-electron chi connectivity index (χ2n) is 9.05. The Morgan fingerprint density at radius 2 is 2.06 bits per heavy atom. The number of carbonyl (C=O) groups excluding carboxylic acids is 1. The molecule has 2 aliphatic rings. The zero-order valence-corrected chi connectivity index (χ0v) is 21.4. The molecular formula is C25H28IN3O5. The number of nitro groups is 1. The molecule has 0 aliphatic heterocycles. The fourth-order valence-electron chi connectivity index (χ4n) is 5.03. The number of hydrazone groups is 1. The summed E-state index contributed by atoms with van der Waals surface area (Å²) in [4.78, 5) is 23.0. The Morgan fingerprint density at radius 3 is 2.71 bits per heavy atom. The first kappa shape index (κ1) is 24.4. The number of nitrogens with zero attached hydrogens (tertiary/aromatic N) is 2. The summed E-state index contributed by atoms with van der Waals surface area (Å²) >= 11 is 2.17. The summed E-state index contributed by atoms with van der Waals surface area (Å²) in [6, 6.07) is 9.99. The van der Waals surface area contributed by atoms with Crippen molar-refractivity contribution >= 4 is 40.4 Å². The maximum atomic E-state index is 12.6. The van der Waals surface area contributed by atoms with E-state index in [9.17, 15) is 14.9 Å². The molecule has 2 saturated carbocycles. The van der Waals surface area contributed by atoms with Crippen molar-refractivity contribution in [3.63, 3.8) is 0 Å². The van der Waals surface area contributed by atoms with Crippen LogP contribution in [0.1, 0.15) is 50.7 Å². The molecule has 34 heavy (non-hydrogen) atoms. The van der Waals surface area contributed by atoms with Gasteiger partial charge < -0.3 is 9.47 Å². The van der Waals surface area contributed by atoms with Gasteiger partial charge in [0.2, 0.25) is 5.91 Å². The number of fused-ring (bicyclic) bond motifs is 1. The van der Waals surface area contributed by atoms with Gasteiger partial charge in [-0.15, -0.1) is 0 Å². The van der Waals surface area contributed by atoms with Gasteiger partial charge in [0.05, 0.1) is 21.3 Å². The van der Waals surface area contributed by atoms with Crippen LogP contribution in [0.15, 0.2) is 41.5 Å². The monoisotopic (exact) mass is 577 g/mol. The number of nitro benzene ring substituents is 1. The van der Waals surface area contributed by atoms with Gasteiger partial charge in [-0.2, -0.15) is 5.10 Å². The maximum absolute atomic E-state index is 12.6. The highest BCUT2D eigenvalue weighted by molar-refractivity contribution is 14.1. The number of amides is 1. The quantitative estimate of drug-likeness (QED) is 0.185. The first-order valence-corrected chi connectivity index (χ1v) is 12.6. The van der Waals surface area contributed by atoms with E-state index in [0.29, 0.717) is 24.0 Å². The minimum atomic E-state index is -0.429. The Balaban J connectivity index is 1.41. The van der Waals surface area contributed by atoms with Gasteiger partial charge in [-0.25, -0.2) is 5.43 Å². The van der Waals surface area contributed by atoms with Crippen molar-refractivity contribution in [1.29, 1.82) is 0 Å². The first-order chi connectivity index (χ1) is 16.3. The zero-order chi connectivity index (χ0) is 24.3. The SMILES string of the molecule is CCOc1cc(/C=N\NC(=O)[C@@H]2[C@H]3CCCC[C@]32C)cc(I)c1OCc1ccc([N+](=O)[O-])cc1. The normalized spacial score (nSPS) is 23.3. The number of nitrogens with one attached hydrogen (secondary N) is 1. The molecule has 8 nitrogen and oxygen atoms in total. The predicted octanol–water partition coefficient (Wildman–Crippen LogP) is 5.45. The number of halogens is 1. The van der Waals surface area contributed by atoms with E-state index in [1.807, 2.05) is 19.1 Å². The average Bonchev–Trinajstić information content (AvgIpc) is 3.44. The van der Waals surface area contributed by atoms with Crippen LogP contribution in [0.2, 0.25) is 0 Å². The number of hydrogen-bond acceptors (Lipinski definition) is 6. The van der Waals surface area contributed by atoms with E-state index in [-0.39, 0.29) is 29.5 Å². The lowest BCUT2D eigenvalue weighted by molar-refractivity contribution is -0.384. The molecular weight excluding hydrogens is 549 g/mol. The van der Waals surface area contributed by atoms with Crippen LogP contribution in [0, 0.1) is 30.9 Å². The highest BCUT2D eigenvalue weighted by atomic mass is 127. The third-order valence-electron chi connectivity index (χ3n) is 6.86. The van der Waals surface area contributed by atoms with Crippen LogP contribution in [0.5, 0.6) is 11.5 Å².